The van der Waals surface area contributed by atoms with Gasteiger partial charge >= 0.3 is 0 Å². The summed E-state index contributed by atoms with van der Waals surface area (Å²) in [5, 5.41) is 2.68. The molecule has 3 aliphatic rings. The summed E-state index contributed by atoms with van der Waals surface area (Å²) in [7, 11) is 0. The lowest BCUT2D eigenvalue weighted by atomic mass is 9.44. The number of benzene rings is 1. The molecule has 16 heavy (non-hydrogen) atoms. The van der Waals surface area contributed by atoms with Gasteiger partial charge in [-0.3, -0.25) is 4.79 Å². The van der Waals surface area contributed by atoms with Crippen molar-refractivity contribution in [2.75, 3.05) is 5.32 Å². The van der Waals surface area contributed by atoms with Crippen LogP contribution in [0.3, 0.4) is 0 Å². The first-order valence-corrected chi connectivity index (χ1v) is 6.15. The Morgan fingerprint density at radius 3 is 2.62 bits per heavy atom. The van der Waals surface area contributed by atoms with Gasteiger partial charge in [0.2, 0.25) is 5.91 Å². The highest BCUT2D eigenvalue weighted by atomic mass is 79.9. The molecule has 3 fully saturated rings. The molecular formula is C12H11BrFNO. The standard InChI is InChI=1S/C12H11BrFNO/c13-8-1-2-10(9(14)3-8)15-11(16)12-4-7(5-12)6-12/h1-3,7H,4-6H2,(H,15,16). The van der Waals surface area contributed by atoms with E-state index in [2.05, 4.69) is 21.2 Å². The lowest BCUT2D eigenvalue weighted by Crippen LogP contribution is -2.58. The maximum Gasteiger partial charge on any atom is 0.230 e. The number of rotatable bonds is 2. The molecule has 0 aromatic heterocycles. The Bertz CT molecular complexity index is 457. The number of carbonyl (C=O) groups is 1. The van der Waals surface area contributed by atoms with Crippen LogP contribution in [-0.4, -0.2) is 5.91 Å². The molecule has 0 unspecified atom stereocenters. The molecule has 2 nitrogen and oxygen atoms in total. The van der Waals surface area contributed by atoms with Gasteiger partial charge in [0.1, 0.15) is 5.82 Å². The summed E-state index contributed by atoms with van der Waals surface area (Å²) in [6.45, 7) is 0. The molecule has 0 aliphatic heterocycles. The van der Waals surface area contributed by atoms with E-state index in [9.17, 15) is 9.18 Å². The Morgan fingerprint density at radius 2 is 2.12 bits per heavy atom. The number of amides is 1. The van der Waals surface area contributed by atoms with Gasteiger partial charge in [0.25, 0.3) is 0 Å². The van der Waals surface area contributed by atoms with Crippen molar-refractivity contribution in [1.29, 1.82) is 0 Å². The van der Waals surface area contributed by atoms with Crippen LogP contribution in [0.2, 0.25) is 0 Å². The topological polar surface area (TPSA) is 29.1 Å². The molecule has 4 heteroatoms. The van der Waals surface area contributed by atoms with Gasteiger partial charge in [0.15, 0.2) is 0 Å². The highest BCUT2D eigenvalue weighted by molar-refractivity contribution is 9.10. The fourth-order valence-corrected chi connectivity index (χ4v) is 2.94. The summed E-state index contributed by atoms with van der Waals surface area (Å²) in [6.07, 6.45) is 2.95. The molecule has 3 saturated carbocycles. The van der Waals surface area contributed by atoms with E-state index >= 15 is 0 Å². The van der Waals surface area contributed by atoms with Crippen molar-refractivity contribution in [2.24, 2.45) is 11.3 Å². The van der Waals surface area contributed by atoms with Gasteiger partial charge in [0, 0.05) is 4.47 Å². The molecule has 0 saturated heterocycles. The minimum Gasteiger partial charge on any atom is -0.323 e. The SMILES string of the molecule is O=C(Nc1ccc(Br)cc1F)C12CC(C1)C2. The molecule has 0 heterocycles. The van der Waals surface area contributed by atoms with E-state index in [0.29, 0.717) is 4.47 Å². The van der Waals surface area contributed by atoms with Crippen LogP contribution in [-0.2, 0) is 4.79 Å². The lowest BCUT2D eigenvalue weighted by Gasteiger charge is -2.60. The Labute approximate surface area is 101 Å². The molecule has 1 aromatic carbocycles. The molecule has 4 rings (SSSR count). The molecule has 1 amide bonds. The first-order valence-electron chi connectivity index (χ1n) is 5.36. The van der Waals surface area contributed by atoms with Crippen LogP contribution in [0.5, 0.6) is 0 Å². The minimum atomic E-state index is -0.394. The molecule has 1 N–H and O–H groups in total. The number of anilines is 1. The van der Waals surface area contributed by atoms with Gasteiger partial charge in [-0.1, -0.05) is 15.9 Å². The molecule has 1 aromatic rings. The van der Waals surface area contributed by atoms with Gasteiger partial charge in [0.05, 0.1) is 11.1 Å². The van der Waals surface area contributed by atoms with E-state index in [-0.39, 0.29) is 17.0 Å². The van der Waals surface area contributed by atoms with Crippen molar-refractivity contribution < 1.29 is 9.18 Å². The van der Waals surface area contributed by atoms with Crippen LogP contribution in [0.15, 0.2) is 22.7 Å². The molecule has 0 spiro atoms. The molecule has 0 atom stereocenters. The number of carbonyl (C=O) groups excluding carboxylic acids is 1. The third kappa shape index (κ3) is 1.39. The second-order valence-corrected chi connectivity index (χ2v) is 5.75. The molecule has 84 valence electrons. The highest BCUT2D eigenvalue weighted by Crippen LogP contribution is 2.64. The second kappa shape index (κ2) is 3.29. The van der Waals surface area contributed by atoms with Gasteiger partial charge in [-0.05, 0) is 43.4 Å². The monoisotopic (exact) mass is 283 g/mol. The fourth-order valence-electron chi connectivity index (χ4n) is 2.60. The number of hydrogen-bond acceptors (Lipinski definition) is 1. The number of hydrogen-bond donors (Lipinski definition) is 1. The largest absolute Gasteiger partial charge is 0.323 e. The zero-order valence-corrected chi connectivity index (χ0v) is 10.2. The summed E-state index contributed by atoms with van der Waals surface area (Å²) in [5.41, 5.74) is 0.113. The van der Waals surface area contributed by atoms with Crippen LogP contribution in [0.25, 0.3) is 0 Å². The molecule has 2 bridgehead atoms. The van der Waals surface area contributed by atoms with Crippen molar-refractivity contribution in [2.45, 2.75) is 19.3 Å². The maximum atomic E-state index is 13.5. The van der Waals surface area contributed by atoms with Crippen molar-refractivity contribution >= 4 is 27.5 Å². The zero-order chi connectivity index (χ0) is 11.3. The van der Waals surface area contributed by atoms with Gasteiger partial charge in [-0.2, -0.15) is 0 Å². The normalized spacial score (nSPS) is 30.2. The van der Waals surface area contributed by atoms with E-state index in [0.717, 1.165) is 25.2 Å². The van der Waals surface area contributed by atoms with Crippen molar-refractivity contribution in [3.05, 3.63) is 28.5 Å². The molecule has 3 aliphatic carbocycles. The van der Waals surface area contributed by atoms with Crippen molar-refractivity contribution in [1.82, 2.24) is 0 Å². The van der Waals surface area contributed by atoms with Crippen LogP contribution in [0, 0.1) is 17.2 Å². The van der Waals surface area contributed by atoms with Gasteiger partial charge in [-0.15, -0.1) is 0 Å². The Kier molecular flexibility index (Phi) is 2.11. The maximum absolute atomic E-state index is 13.5. The molecular weight excluding hydrogens is 273 g/mol. The van der Waals surface area contributed by atoms with E-state index < -0.39 is 5.82 Å². The van der Waals surface area contributed by atoms with Crippen molar-refractivity contribution in [3.63, 3.8) is 0 Å². The van der Waals surface area contributed by atoms with Crippen LogP contribution >= 0.6 is 15.9 Å². The summed E-state index contributed by atoms with van der Waals surface area (Å²) >= 11 is 3.18. The predicted molar refractivity (Wildman–Crippen MR) is 62.5 cm³/mol. The Morgan fingerprint density at radius 1 is 1.44 bits per heavy atom. The second-order valence-electron chi connectivity index (χ2n) is 4.84. The highest BCUT2D eigenvalue weighted by Gasteiger charge is 2.61. The first kappa shape index (κ1) is 10.3. The smallest absolute Gasteiger partial charge is 0.230 e. The summed E-state index contributed by atoms with van der Waals surface area (Å²) in [6, 6.07) is 4.67. The Hall–Kier alpha value is -0.900. The van der Waals surface area contributed by atoms with Gasteiger partial charge in [-0.25, -0.2) is 4.39 Å². The van der Waals surface area contributed by atoms with Crippen LogP contribution in [0.1, 0.15) is 19.3 Å². The fraction of sp³-hybridized carbons (Fsp3) is 0.417. The number of halogens is 2. The Balaban J connectivity index is 1.76. The van der Waals surface area contributed by atoms with Crippen molar-refractivity contribution in [3.8, 4) is 0 Å². The third-order valence-corrected chi connectivity index (χ3v) is 4.19. The predicted octanol–water partition coefficient (Wildman–Crippen LogP) is 3.33. The van der Waals surface area contributed by atoms with Crippen LogP contribution in [0.4, 0.5) is 10.1 Å². The van der Waals surface area contributed by atoms with E-state index in [1.807, 2.05) is 0 Å². The lowest BCUT2D eigenvalue weighted by molar-refractivity contribution is -0.158. The quantitative estimate of drug-likeness (QED) is 0.886. The van der Waals surface area contributed by atoms with Gasteiger partial charge < -0.3 is 5.32 Å². The average Bonchev–Trinajstić information content (AvgIpc) is 2.04. The summed E-state index contributed by atoms with van der Waals surface area (Å²) < 4.78 is 14.2. The molecule has 0 radical (unpaired) electrons. The zero-order valence-electron chi connectivity index (χ0n) is 8.59. The number of nitrogens with one attached hydrogen (secondary N) is 1. The van der Waals surface area contributed by atoms with E-state index in [1.165, 1.54) is 6.07 Å². The van der Waals surface area contributed by atoms with Crippen LogP contribution < -0.4 is 5.32 Å². The summed E-state index contributed by atoms with van der Waals surface area (Å²) in [4.78, 5) is 11.9. The minimum absolute atomic E-state index is 0.0174. The van der Waals surface area contributed by atoms with E-state index in [1.54, 1.807) is 12.1 Å². The third-order valence-electron chi connectivity index (χ3n) is 3.70. The average molecular weight is 284 g/mol. The van der Waals surface area contributed by atoms with E-state index in [4.69, 9.17) is 0 Å². The first-order chi connectivity index (χ1) is 7.59. The summed E-state index contributed by atoms with van der Waals surface area (Å²) in [5.74, 6) is 0.339.